The Morgan fingerprint density at radius 1 is 1.11 bits per heavy atom. The minimum absolute atomic E-state index is 0.0320. The van der Waals surface area contributed by atoms with Crippen LogP contribution in [0, 0.1) is 0 Å². The highest BCUT2D eigenvalue weighted by molar-refractivity contribution is 5.78. The number of amides is 1. The normalized spacial score (nSPS) is 10.9. The summed E-state index contributed by atoms with van der Waals surface area (Å²) in [5.74, 6) is 0.780. The van der Waals surface area contributed by atoms with E-state index in [0.29, 0.717) is 0 Å². The summed E-state index contributed by atoms with van der Waals surface area (Å²) in [7, 11) is 0. The fourth-order valence-corrected chi connectivity index (χ4v) is 2.21. The molecule has 19 heavy (non-hydrogen) atoms. The first-order chi connectivity index (χ1) is 8.95. The van der Waals surface area contributed by atoms with Gasteiger partial charge in [0.15, 0.2) is 6.61 Å². The summed E-state index contributed by atoms with van der Waals surface area (Å²) in [4.78, 5) is 14.0. The van der Waals surface area contributed by atoms with E-state index in [2.05, 4.69) is 6.92 Å². The molecule has 3 nitrogen and oxygen atoms in total. The molecule has 106 valence electrons. The van der Waals surface area contributed by atoms with Crippen molar-refractivity contribution in [2.24, 2.45) is 0 Å². The van der Waals surface area contributed by atoms with E-state index in [9.17, 15) is 4.79 Å². The van der Waals surface area contributed by atoms with Crippen LogP contribution in [0.3, 0.4) is 0 Å². The first kappa shape index (κ1) is 15.5. The largest absolute Gasteiger partial charge is 0.484 e. The van der Waals surface area contributed by atoms with Crippen LogP contribution >= 0.6 is 0 Å². The number of rotatable bonds is 6. The van der Waals surface area contributed by atoms with E-state index in [-0.39, 0.29) is 24.6 Å². The summed E-state index contributed by atoms with van der Waals surface area (Å²) >= 11 is 0. The molecule has 0 unspecified atom stereocenters. The molecule has 0 spiro atoms. The number of hydrogen-bond acceptors (Lipinski definition) is 2. The molecule has 0 aliphatic heterocycles. The summed E-state index contributed by atoms with van der Waals surface area (Å²) in [6, 6.07) is 8.28. The zero-order valence-corrected chi connectivity index (χ0v) is 12.6. The van der Waals surface area contributed by atoms with Crippen molar-refractivity contribution in [1.82, 2.24) is 4.90 Å². The van der Waals surface area contributed by atoms with Crippen molar-refractivity contribution in [3.8, 4) is 5.75 Å². The van der Waals surface area contributed by atoms with Gasteiger partial charge in [-0.2, -0.15) is 0 Å². The molecule has 1 rings (SSSR count). The van der Waals surface area contributed by atoms with Crippen LogP contribution in [0.1, 0.15) is 40.2 Å². The molecule has 0 aliphatic rings. The molecule has 1 amide bonds. The highest BCUT2D eigenvalue weighted by Gasteiger charge is 2.20. The van der Waals surface area contributed by atoms with E-state index in [1.165, 1.54) is 5.56 Å². The number of carbonyl (C=O) groups is 1. The first-order valence-electron chi connectivity index (χ1n) is 6.98. The van der Waals surface area contributed by atoms with Gasteiger partial charge in [0.25, 0.3) is 5.91 Å². The first-order valence-corrected chi connectivity index (χ1v) is 6.98. The average molecular weight is 263 g/mol. The maximum absolute atomic E-state index is 12.1. The Morgan fingerprint density at radius 2 is 1.63 bits per heavy atom. The predicted octanol–water partition coefficient (Wildman–Crippen LogP) is 3.27. The van der Waals surface area contributed by atoms with Gasteiger partial charge in [0, 0.05) is 12.1 Å². The quantitative estimate of drug-likeness (QED) is 0.788. The van der Waals surface area contributed by atoms with Crippen molar-refractivity contribution in [1.29, 1.82) is 0 Å². The number of hydrogen-bond donors (Lipinski definition) is 0. The third kappa shape index (κ3) is 4.58. The smallest absolute Gasteiger partial charge is 0.260 e. The van der Waals surface area contributed by atoms with Crippen LogP contribution < -0.4 is 4.74 Å². The Kier molecular flexibility index (Phi) is 5.87. The van der Waals surface area contributed by atoms with Crippen LogP contribution in [-0.2, 0) is 11.2 Å². The maximum atomic E-state index is 12.1. The second-order valence-electron chi connectivity index (χ2n) is 5.27. The average Bonchev–Trinajstić information content (AvgIpc) is 2.36. The molecule has 0 radical (unpaired) electrons. The molecule has 1 aromatic rings. The lowest BCUT2D eigenvalue weighted by Gasteiger charge is -2.30. The topological polar surface area (TPSA) is 29.5 Å². The zero-order chi connectivity index (χ0) is 14.4. The molecule has 0 saturated heterocycles. The van der Waals surface area contributed by atoms with Gasteiger partial charge < -0.3 is 9.64 Å². The molecule has 0 heterocycles. The lowest BCUT2D eigenvalue weighted by molar-refractivity contribution is -0.136. The maximum Gasteiger partial charge on any atom is 0.260 e. The zero-order valence-electron chi connectivity index (χ0n) is 12.6. The second kappa shape index (κ2) is 7.17. The monoisotopic (exact) mass is 263 g/mol. The Balaban J connectivity index is 2.57. The number of aryl methyl sites for hydroxylation is 1. The second-order valence-corrected chi connectivity index (χ2v) is 5.27. The summed E-state index contributed by atoms with van der Waals surface area (Å²) < 4.78 is 5.56. The van der Waals surface area contributed by atoms with Crippen molar-refractivity contribution in [3.05, 3.63) is 29.8 Å². The van der Waals surface area contributed by atoms with Crippen molar-refractivity contribution in [2.45, 2.75) is 53.1 Å². The highest BCUT2D eigenvalue weighted by atomic mass is 16.5. The number of carbonyl (C=O) groups excluding carboxylic acids is 1. The Bertz CT molecular complexity index is 388. The van der Waals surface area contributed by atoms with Crippen LogP contribution in [0.15, 0.2) is 24.3 Å². The van der Waals surface area contributed by atoms with Crippen LogP contribution in [0.25, 0.3) is 0 Å². The van der Waals surface area contributed by atoms with E-state index in [1.54, 1.807) is 0 Å². The third-order valence-corrected chi connectivity index (χ3v) is 3.09. The van der Waals surface area contributed by atoms with Gasteiger partial charge in [0.2, 0.25) is 0 Å². The molecule has 0 N–H and O–H groups in total. The van der Waals surface area contributed by atoms with Gasteiger partial charge in [-0.15, -0.1) is 0 Å². The van der Waals surface area contributed by atoms with Gasteiger partial charge in [-0.1, -0.05) is 19.1 Å². The van der Waals surface area contributed by atoms with Crippen molar-refractivity contribution in [2.75, 3.05) is 6.61 Å². The van der Waals surface area contributed by atoms with E-state index in [1.807, 2.05) is 56.9 Å². The highest BCUT2D eigenvalue weighted by Crippen LogP contribution is 2.13. The standard InChI is InChI=1S/C16H25NO2/c1-6-14-7-9-15(10-8-14)19-11-16(18)17(12(2)3)13(4)5/h7-10,12-13H,6,11H2,1-5H3. The predicted molar refractivity (Wildman–Crippen MR) is 78.4 cm³/mol. The van der Waals surface area contributed by atoms with Crippen molar-refractivity contribution in [3.63, 3.8) is 0 Å². The fraction of sp³-hybridized carbons (Fsp3) is 0.562. The lowest BCUT2D eigenvalue weighted by Crippen LogP contribution is -2.44. The molecule has 0 bridgehead atoms. The Hall–Kier alpha value is -1.51. The molecule has 0 aliphatic carbocycles. The fourth-order valence-electron chi connectivity index (χ4n) is 2.21. The van der Waals surface area contributed by atoms with Crippen LogP contribution in [-0.4, -0.2) is 29.5 Å². The van der Waals surface area contributed by atoms with Gasteiger partial charge in [-0.3, -0.25) is 4.79 Å². The van der Waals surface area contributed by atoms with Gasteiger partial charge in [-0.05, 0) is 51.8 Å². The summed E-state index contributed by atoms with van der Waals surface area (Å²) in [6.45, 7) is 10.3. The number of nitrogens with zero attached hydrogens (tertiary/aromatic N) is 1. The van der Waals surface area contributed by atoms with Crippen LogP contribution in [0.5, 0.6) is 5.75 Å². The number of ether oxygens (including phenoxy) is 1. The summed E-state index contributed by atoms with van der Waals surface area (Å²) in [6.07, 6.45) is 1.01. The van der Waals surface area contributed by atoms with E-state index < -0.39 is 0 Å². The Morgan fingerprint density at radius 3 is 2.05 bits per heavy atom. The van der Waals surface area contributed by atoms with Crippen molar-refractivity contribution < 1.29 is 9.53 Å². The SMILES string of the molecule is CCc1ccc(OCC(=O)N(C(C)C)C(C)C)cc1. The Labute approximate surface area is 116 Å². The lowest BCUT2D eigenvalue weighted by atomic mass is 10.2. The summed E-state index contributed by atoms with van der Waals surface area (Å²) in [5, 5.41) is 0. The van der Waals surface area contributed by atoms with E-state index in [0.717, 1.165) is 12.2 Å². The molecule has 0 saturated carbocycles. The molecular weight excluding hydrogens is 238 g/mol. The number of benzene rings is 1. The van der Waals surface area contributed by atoms with E-state index in [4.69, 9.17) is 4.74 Å². The van der Waals surface area contributed by atoms with E-state index >= 15 is 0 Å². The van der Waals surface area contributed by atoms with Gasteiger partial charge in [-0.25, -0.2) is 0 Å². The molecular formula is C16H25NO2. The molecule has 0 fully saturated rings. The van der Waals surface area contributed by atoms with Gasteiger partial charge in [0.1, 0.15) is 5.75 Å². The molecule has 0 aromatic heterocycles. The molecule has 1 aromatic carbocycles. The van der Waals surface area contributed by atoms with Crippen LogP contribution in [0.4, 0.5) is 0 Å². The van der Waals surface area contributed by atoms with Gasteiger partial charge >= 0.3 is 0 Å². The van der Waals surface area contributed by atoms with Crippen LogP contribution in [0.2, 0.25) is 0 Å². The molecule has 3 heteroatoms. The van der Waals surface area contributed by atoms with Gasteiger partial charge in [0.05, 0.1) is 0 Å². The summed E-state index contributed by atoms with van der Waals surface area (Å²) in [5.41, 5.74) is 1.27. The minimum Gasteiger partial charge on any atom is -0.484 e. The van der Waals surface area contributed by atoms with Crippen molar-refractivity contribution >= 4 is 5.91 Å². The minimum atomic E-state index is 0.0320. The third-order valence-electron chi connectivity index (χ3n) is 3.09. The molecule has 0 atom stereocenters.